The van der Waals surface area contributed by atoms with E-state index >= 15 is 0 Å². The van der Waals surface area contributed by atoms with E-state index in [0.29, 0.717) is 6.04 Å². The maximum atomic E-state index is 11.0. The molecule has 1 aliphatic heterocycles. The average molecular weight is 185 g/mol. The van der Waals surface area contributed by atoms with Crippen LogP contribution in [0.2, 0.25) is 0 Å². The topological polar surface area (TPSA) is 58.4 Å². The van der Waals surface area contributed by atoms with Crippen molar-refractivity contribution in [1.82, 2.24) is 10.2 Å². The van der Waals surface area contributed by atoms with Crippen molar-refractivity contribution in [1.29, 1.82) is 0 Å². The molecule has 0 radical (unpaired) electrons. The summed E-state index contributed by atoms with van der Waals surface area (Å²) in [6.07, 6.45) is 2.35. The Morgan fingerprint density at radius 1 is 1.69 bits per heavy atom. The highest BCUT2D eigenvalue weighted by Crippen LogP contribution is 2.08. The van der Waals surface area contributed by atoms with E-state index in [1.54, 1.807) is 4.90 Å². The minimum Gasteiger partial charge on any atom is -0.351 e. The van der Waals surface area contributed by atoms with Crippen LogP contribution in [0.15, 0.2) is 0 Å². The van der Waals surface area contributed by atoms with Gasteiger partial charge in [0.1, 0.15) is 0 Å². The first-order valence-electron chi connectivity index (χ1n) is 4.90. The summed E-state index contributed by atoms with van der Waals surface area (Å²) in [7, 11) is 0. The number of hydrogen-bond acceptors (Lipinski definition) is 2. The van der Waals surface area contributed by atoms with Crippen molar-refractivity contribution >= 4 is 6.03 Å². The summed E-state index contributed by atoms with van der Waals surface area (Å²) in [5.74, 6) is 0. The molecule has 0 bridgehead atoms. The van der Waals surface area contributed by atoms with Crippen molar-refractivity contribution < 1.29 is 4.79 Å². The molecule has 4 heteroatoms. The Hall–Kier alpha value is -0.770. The number of carbonyl (C=O) groups is 1. The largest absolute Gasteiger partial charge is 0.351 e. The predicted octanol–water partition coefficient (Wildman–Crippen LogP) is 0.528. The highest BCUT2D eigenvalue weighted by atomic mass is 16.2. The maximum absolute atomic E-state index is 11.0. The Labute approximate surface area is 79.5 Å². The molecule has 0 saturated carbocycles. The van der Waals surface area contributed by atoms with E-state index in [4.69, 9.17) is 5.73 Å². The van der Waals surface area contributed by atoms with Crippen LogP contribution in [0.5, 0.6) is 0 Å². The van der Waals surface area contributed by atoms with Crippen LogP contribution in [0, 0.1) is 0 Å². The van der Waals surface area contributed by atoms with Crippen molar-refractivity contribution in [2.24, 2.45) is 5.73 Å². The van der Waals surface area contributed by atoms with E-state index in [2.05, 4.69) is 5.32 Å². The second kappa shape index (κ2) is 4.46. The Bertz CT molecular complexity index is 176. The lowest BCUT2D eigenvalue weighted by Crippen LogP contribution is -2.47. The molecule has 0 spiro atoms. The van der Waals surface area contributed by atoms with Crippen LogP contribution in [0.4, 0.5) is 4.79 Å². The van der Waals surface area contributed by atoms with E-state index in [9.17, 15) is 4.79 Å². The van der Waals surface area contributed by atoms with Gasteiger partial charge in [-0.3, -0.25) is 0 Å². The van der Waals surface area contributed by atoms with Gasteiger partial charge in [-0.2, -0.15) is 0 Å². The van der Waals surface area contributed by atoms with Gasteiger partial charge in [-0.25, -0.2) is 4.79 Å². The van der Waals surface area contributed by atoms with Gasteiger partial charge in [0.05, 0.1) is 0 Å². The molecule has 76 valence electrons. The number of urea groups is 1. The molecule has 3 N–H and O–H groups in total. The number of amides is 2. The SMILES string of the molecule is CC(C)N(CC1CCCN1)C(N)=O. The molecule has 0 aromatic carbocycles. The van der Waals surface area contributed by atoms with Gasteiger partial charge < -0.3 is 16.0 Å². The molecule has 1 atom stereocenters. The molecule has 0 aromatic rings. The summed E-state index contributed by atoms with van der Waals surface area (Å²) in [5, 5.41) is 3.35. The summed E-state index contributed by atoms with van der Waals surface area (Å²) < 4.78 is 0. The van der Waals surface area contributed by atoms with Crippen LogP contribution in [0.25, 0.3) is 0 Å². The summed E-state index contributed by atoms with van der Waals surface area (Å²) >= 11 is 0. The fraction of sp³-hybridized carbons (Fsp3) is 0.889. The quantitative estimate of drug-likeness (QED) is 0.673. The highest BCUT2D eigenvalue weighted by molar-refractivity contribution is 5.72. The molecule has 13 heavy (non-hydrogen) atoms. The van der Waals surface area contributed by atoms with Crippen LogP contribution >= 0.6 is 0 Å². The first-order valence-corrected chi connectivity index (χ1v) is 4.90. The molecule has 0 aromatic heterocycles. The maximum Gasteiger partial charge on any atom is 0.315 e. The smallest absolute Gasteiger partial charge is 0.315 e. The molecule has 1 unspecified atom stereocenters. The van der Waals surface area contributed by atoms with Crippen molar-refractivity contribution in [3.05, 3.63) is 0 Å². The fourth-order valence-corrected chi connectivity index (χ4v) is 1.71. The van der Waals surface area contributed by atoms with E-state index in [1.807, 2.05) is 13.8 Å². The summed E-state index contributed by atoms with van der Waals surface area (Å²) in [6.45, 7) is 5.78. The molecule has 1 aliphatic rings. The predicted molar refractivity (Wildman–Crippen MR) is 52.5 cm³/mol. The van der Waals surface area contributed by atoms with Crippen molar-refractivity contribution in [3.63, 3.8) is 0 Å². The third-order valence-corrected chi connectivity index (χ3v) is 2.49. The van der Waals surface area contributed by atoms with Gasteiger partial charge in [0.15, 0.2) is 0 Å². The Morgan fingerprint density at radius 3 is 2.77 bits per heavy atom. The van der Waals surface area contributed by atoms with Gasteiger partial charge in [-0.05, 0) is 33.2 Å². The van der Waals surface area contributed by atoms with Crippen LogP contribution in [-0.2, 0) is 0 Å². The molecule has 1 fully saturated rings. The molecule has 1 rings (SSSR count). The molecule has 0 aliphatic carbocycles. The van der Waals surface area contributed by atoms with Gasteiger partial charge in [0.2, 0.25) is 0 Å². The van der Waals surface area contributed by atoms with E-state index < -0.39 is 0 Å². The first kappa shape index (κ1) is 10.3. The lowest BCUT2D eigenvalue weighted by molar-refractivity contribution is 0.186. The standard InChI is InChI=1S/C9H19N3O/c1-7(2)12(9(10)13)6-8-4-3-5-11-8/h7-8,11H,3-6H2,1-2H3,(H2,10,13). The van der Waals surface area contributed by atoms with Gasteiger partial charge in [-0.15, -0.1) is 0 Å². The van der Waals surface area contributed by atoms with E-state index in [-0.39, 0.29) is 12.1 Å². The van der Waals surface area contributed by atoms with Gasteiger partial charge in [0.25, 0.3) is 0 Å². The molecule has 1 heterocycles. The zero-order chi connectivity index (χ0) is 9.84. The number of rotatable bonds is 3. The normalized spacial score (nSPS) is 22.2. The molecular formula is C9H19N3O. The summed E-state index contributed by atoms with van der Waals surface area (Å²) in [5.41, 5.74) is 5.27. The number of nitrogens with zero attached hydrogens (tertiary/aromatic N) is 1. The van der Waals surface area contributed by atoms with Crippen molar-refractivity contribution in [3.8, 4) is 0 Å². The second-order valence-corrected chi connectivity index (χ2v) is 3.88. The second-order valence-electron chi connectivity index (χ2n) is 3.88. The van der Waals surface area contributed by atoms with Crippen LogP contribution in [0.3, 0.4) is 0 Å². The Morgan fingerprint density at radius 2 is 2.38 bits per heavy atom. The minimum atomic E-state index is -0.316. The van der Waals surface area contributed by atoms with E-state index in [0.717, 1.165) is 19.5 Å². The zero-order valence-corrected chi connectivity index (χ0v) is 8.42. The number of carbonyl (C=O) groups excluding carboxylic acids is 1. The zero-order valence-electron chi connectivity index (χ0n) is 8.42. The average Bonchev–Trinajstić information content (AvgIpc) is 2.50. The third-order valence-electron chi connectivity index (χ3n) is 2.49. The molecule has 2 amide bonds. The number of primary amides is 1. The fourth-order valence-electron chi connectivity index (χ4n) is 1.71. The summed E-state index contributed by atoms with van der Waals surface area (Å²) in [4.78, 5) is 12.8. The lowest BCUT2D eigenvalue weighted by atomic mass is 10.2. The number of hydrogen-bond donors (Lipinski definition) is 2. The first-order chi connectivity index (χ1) is 6.11. The van der Waals surface area contributed by atoms with Crippen LogP contribution < -0.4 is 11.1 Å². The highest BCUT2D eigenvalue weighted by Gasteiger charge is 2.21. The molecule has 1 saturated heterocycles. The Balaban J connectivity index is 2.41. The third kappa shape index (κ3) is 2.88. The van der Waals surface area contributed by atoms with Gasteiger partial charge >= 0.3 is 6.03 Å². The van der Waals surface area contributed by atoms with E-state index in [1.165, 1.54) is 6.42 Å². The molecular weight excluding hydrogens is 166 g/mol. The number of nitrogens with one attached hydrogen (secondary N) is 1. The van der Waals surface area contributed by atoms with Crippen LogP contribution in [-0.4, -0.2) is 36.1 Å². The van der Waals surface area contributed by atoms with Gasteiger partial charge in [-0.1, -0.05) is 0 Å². The lowest BCUT2D eigenvalue weighted by Gasteiger charge is -2.27. The minimum absolute atomic E-state index is 0.194. The number of nitrogens with two attached hydrogens (primary N) is 1. The molecule has 4 nitrogen and oxygen atoms in total. The van der Waals surface area contributed by atoms with Crippen molar-refractivity contribution in [2.45, 2.75) is 38.8 Å². The van der Waals surface area contributed by atoms with Gasteiger partial charge in [0, 0.05) is 18.6 Å². The Kier molecular flexibility index (Phi) is 3.54. The summed E-state index contributed by atoms with van der Waals surface area (Å²) in [6, 6.07) is 0.318. The van der Waals surface area contributed by atoms with Crippen LogP contribution in [0.1, 0.15) is 26.7 Å². The van der Waals surface area contributed by atoms with Crippen molar-refractivity contribution in [2.75, 3.05) is 13.1 Å². The monoisotopic (exact) mass is 185 g/mol.